The van der Waals surface area contributed by atoms with Gasteiger partial charge < -0.3 is 18.8 Å². The second-order valence-corrected chi connectivity index (χ2v) is 6.97. The largest absolute Gasteiger partial charge is 0.468 e. The standard InChI is InChI=1S/C18H26N2O4/c21-17(19-7-1-2-8-19)13-24-16-6-5-15-18(16)23-11-9-20(15)12-14-4-3-10-22-14/h3-4,10,15-16,18H,1-2,5-9,11-13H2/t15-,16+,18+/m0/s1. The van der Waals surface area contributed by atoms with E-state index in [1.807, 2.05) is 17.0 Å². The number of fused-ring (bicyclic) bond motifs is 1. The molecule has 1 aromatic rings. The molecule has 24 heavy (non-hydrogen) atoms. The van der Waals surface area contributed by atoms with E-state index in [0.29, 0.717) is 12.6 Å². The van der Waals surface area contributed by atoms with E-state index in [0.717, 1.165) is 57.6 Å². The number of furan rings is 1. The van der Waals surface area contributed by atoms with Gasteiger partial charge in [-0.3, -0.25) is 9.69 Å². The lowest BCUT2D eigenvalue weighted by Gasteiger charge is -2.38. The summed E-state index contributed by atoms with van der Waals surface area (Å²) in [6.45, 7) is 4.40. The quantitative estimate of drug-likeness (QED) is 0.819. The van der Waals surface area contributed by atoms with Crippen LogP contribution in [0.2, 0.25) is 0 Å². The lowest BCUT2D eigenvalue weighted by atomic mass is 10.1. The summed E-state index contributed by atoms with van der Waals surface area (Å²) in [5, 5.41) is 0. The van der Waals surface area contributed by atoms with Gasteiger partial charge in [-0.15, -0.1) is 0 Å². The van der Waals surface area contributed by atoms with Crippen LogP contribution in [0.3, 0.4) is 0 Å². The van der Waals surface area contributed by atoms with Crippen LogP contribution in [-0.2, 0) is 20.8 Å². The molecule has 0 unspecified atom stereocenters. The zero-order chi connectivity index (χ0) is 16.4. The molecule has 1 aliphatic carbocycles. The van der Waals surface area contributed by atoms with Crippen LogP contribution in [0, 0.1) is 0 Å². The molecule has 0 spiro atoms. The van der Waals surface area contributed by atoms with Crippen molar-refractivity contribution in [1.29, 1.82) is 0 Å². The van der Waals surface area contributed by atoms with Crippen LogP contribution in [0.4, 0.5) is 0 Å². The fourth-order valence-corrected chi connectivity index (χ4v) is 4.21. The Morgan fingerprint density at radius 2 is 2.12 bits per heavy atom. The summed E-state index contributed by atoms with van der Waals surface area (Å²) in [7, 11) is 0. The molecule has 1 aromatic heterocycles. The third kappa shape index (κ3) is 3.36. The van der Waals surface area contributed by atoms with Crippen LogP contribution in [0.25, 0.3) is 0 Å². The van der Waals surface area contributed by atoms with Crippen LogP contribution in [0.1, 0.15) is 31.4 Å². The predicted octanol–water partition coefficient (Wildman–Crippen LogP) is 1.65. The fourth-order valence-electron chi connectivity index (χ4n) is 4.21. The molecule has 6 heteroatoms. The van der Waals surface area contributed by atoms with Gasteiger partial charge in [0, 0.05) is 25.7 Å². The highest BCUT2D eigenvalue weighted by atomic mass is 16.5. The molecule has 6 nitrogen and oxygen atoms in total. The SMILES string of the molecule is O=C(CO[C@@H]1CC[C@H]2[C@H]1OCCN2Cc1ccco1)N1CCCC1. The van der Waals surface area contributed by atoms with E-state index in [2.05, 4.69) is 4.90 Å². The van der Waals surface area contributed by atoms with Crippen LogP contribution in [0.15, 0.2) is 22.8 Å². The van der Waals surface area contributed by atoms with Gasteiger partial charge in [-0.25, -0.2) is 0 Å². The molecule has 0 aromatic carbocycles. The van der Waals surface area contributed by atoms with Crippen LogP contribution >= 0.6 is 0 Å². The van der Waals surface area contributed by atoms with Crippen molar-refractivity contribution >= 4 is 5.91 Å². The molecule has 3 atom stereocenters. The van der Waals surface area contributed by atoms with Gasteiger partial charge in [-0.2, -0.15) is 0 Å². The van der Waals surface area contributed by atoms with Crippen LogP contribution in [-0.4, -0.2) is 66.8 Å². The molecule has 3 aliphatic rings. The highest BCUT2D eigenvalue weighted by Gasteiger charge is 2.43. The molecular weight excluding hydrogens is 308 g/mol. The zero-order valence-electron chi connectivity index (χ0n) is 14.1. The minimum atomic E-state index is 0.0287. The minimum absolute atomic E-state index is 0.0287. The fraction of sp³-hybridized carbons (Fsp3) is 0.722. The van der Waals surface area contributed by atoms with E-state index in [9.17, 15) is 4.79 Å². The summed E-state index contributed by atoms with van der Waals surface area (Å²) in [6, 6.07) is 4.30. The van der Waals surface area contributed by atoms with E-state index in [1.165, 1.54) is 0 Å². The molecule has 1 saturated carbocycles. The molecule has 0 bridgehead atoms. The molecule has 1 amide bonds. The Morgan fingerprint density at radius 1 is 1.25 bits per heavy atom. The van der Waals surface area contributed by atoms with Gasteiger partial charge in [0.25, 0.3) is 0 Å². The van der Waals surface area contributed by atoms with Gasteiger partial charge in [-0.1, -0.05) is 0 Å². The van der Waals surface area contributed by atoms with Crippen molar-refractivity contribution in [3.63, 3.8) is 0 Å². The van der Waals surface area contributed by atoms with Gasteiger partial charge >= 0.3 is 0 Å². The smallest absolute Gasteiger partial charge is 0.248 e. The minimum Gasteiger partial charge on any atom is -0.468 e. The number of morpholine rings is 1. The van der Waals surface area contributed by atoms with Gasteiger partial charge in [0.1, 0.15) is 12.4 Å². The number of hydrogen-bond donors (Lipinski definition) is 0. The van der Waals surface area contributed by atoms with E-state index in [1.54, 1.807) is 6.26 Å². The zero-order valence-corrected chi connectivity index (χ0v) is 14.1. The third-order valence-corrected chi connectivity index (χ3v) is 5.47. The Bertz CT molecular complexity index is 541. The van der Waals surface area contributed by atoms with Crippen molar-refractivity contribution in [2.45, 2.75) is 50.5 Å². The molecule has 3 fully saturated rings. The Hall–Kier alpha value is -1.37. The highest BCUT2D eigenvalue weighted by molar-refractivity contribution is 5.77. The molecule has 2 aliphatic heterocycles. The van der Waals surface area contributed by atoms with Crippen molar-refractivity contribution in [3.8, 4) is 0 Å². The third-order valence-electron chi connectivity index (χ3n) is 5.47. The maximum Gasteiger partial charge on any atom is 0.248 e. The summed E-state index contributed by atoms with van der Waals surface area (Å²) in [6.07, 6.45) is 6.05. The van der Waals surface area contributed by atoms with Gasteiger partial charge in [-0.05, 0) is 37.8 Å². The normalized spacial score (nSPS) is 30.7. The first-order chi connectivity index (χ1) is 11.8. The summed E-state index contributed by atoms with van der Waals surface area (Å²) in [5.41, 5.74) is 0. The number of amides is 1. The molecule has 0 N–H and O–H groups in total. The van der Waals surface area contributed by atoms with Gasteiger partial charge in [0.05, 0.1) is 31.6 Å². The average Bonchev–Trinajstić information content (AvgIpc) is 3.34. The number of hydrogen-bond acceptors (Lipinski definition) is 5. The van der Waals surface area contributed by atoms with Crippen molar-refractivity contribution in [1.82, 2.24) is 9.80 Å². The monoisotopic (exact) mass is 334 g/mol. The molecular formula is C18H26N2O4. The molecule has 0 radical (unpaired) electrons. The number of likely N-dealkylation sites (tertiary alicyclic amines) is 1. The molecule has 2 saturated heterocycles. The van der Waals surface area contributed by atoms with Crippen LogP contribution in [0.5, 0.6) is 0 Å². The number of carbonyl (C=O) groups is 1. The maximum absolute atomic E-state index is 12.2. The second-order valence-electron chi connectivity index (χ2n) is 6.97. The van der Waals surface area contributed by atoms with Crippen molar-refractivity contribution in [2.75, 3.05) is 32.8 Å². The van der Waals surface area contributed by atoms with Gasteiger partial charge in [0.2, 0.25) is 5.91 Å². The van der Waals surface area contributed by atoms with E-state index < -0.39 is 0 Å². The Morgan fingerprint density at radius 3 is 2.92 bits per heavy atom. The van der Waals surface area contributed by atoms with Crippen LogP contribution < -0.4 is 0 Å². The first kappa shape index (κ1) is 16.1. The van der Waals surface area contributed by atoms with Crippen molar-refractivity contribution in [2.24, 2.45) is 0 Å². The number of rotatable bonds is 5. The van der Waals surface area contributed by atoms with E-state index in [4.69, 9.17) is 13.9 Å². The van der Waals surface area contributed by atoms with E-state index in [-0.39, 0.29) is 24.7 Å². The molecule has 4 rings (SSSR count). The van der Waals surface area contributed by atoms with Crippen molar-refractivity contribution in [3.05, 3.63) is 24.2 Å². The Balaban J connectivity index is 1.31. The Kier molecular flexibility index (Phi) is 4.87. The topological polar surface area (TPSA) is 55.2 Å². The summed E-state index contributed by atoms with van der Waals surface area (Å²) < 4.78 is 17.4. The van der Waals surface area contributed by atoms with Gasteiger partial charge in [0.15, 0.2) is 0 Å². The van der Waals surface area contributed by atoms with E-state index >= 15 is 0 Å². The number of carbonyl (C=O) groups excluding carboxylic acids is 1. The summed E-state index contributed by atoms with van der Waals surface area (Å²) in [5.74, 6) is 1.11. The lowest BCUT2D eigenvalue weighted by molar-refractivity contribution is -0.145. The average molecular weight is 334 g/mol. The number of nitrogens with zero attached hydrogens (tertiary/aromatic N) is 2. The Labute approximate surface area is 142 Å². The molecule has 3 heterocycles. The maximum atomic E-state index is 12.2. The summed E-state index contributed by atoms with van der Waals surface area (Å²) >= 11 is 0. The first-order valence-electron chi connectivity index (χ1n) is 9.09. The lowest BCUT2D eigenvalue weighted by Crippen LogP contribution is -2.51. The summed E-state index contributed by atoms with van der Waals surface area (Å²) in [4.78, 5) is 16.5. The predicted molar refractivity (Wildman–Crippen MR) is 87.4 cm³/mol. The number of ether oxygens (including phenoxy) is 2. The second kappa shape index (κ2) is 7.25. The van der Waals surface area contributed by atoms with Crippen molar-refractivity contribution < 1.29 is 18.7 Å². The first-order valence-corrected chi connectivity index (χ1v) is 9.09. The molecule has 132 valence electrons. The highest BCUT2D eigenvalue weighted by Crippen LogP contribution is 2.33.